The van der Waals surface area contributed by atoms with Crippen molar-refractivity contribution in [2.45, 2.75) is 39.0 Å². The van der Waals surface area contributed by atoms with Gasteiger partial charge in [0.25, 0.3) is 0 Å². The van der Waals surface area contributed by atoms with E-state index in [1.807, 2.05) is 6.07 Å². The summed E-state index contributed by atoms with van der Waals surface area (Å²) < 4.78 is 0. The largest absolute Gasteiger partial charge is 0.399 e. The van der Waals surface area contributed by atoms with Gasteiger partial charge in [0, 0.05) is 5.69 Å². The standard InChI is InChI=1S/C14H21N/c1-10-6-7-13(8-11(10)2)12-4-3-5-14(15)9-12/h3-5,9-11,13H,6-8,15H2,1-2H3/t10-,11-,13-/m1/s1. The summed E-state index contributed by atoms with van der Waals surface area (Å²) in [5.41, 5.74) is 8.17. The maximum atomic E-state index is 5.83. The van der Waals surface area contributed by atoms with Gasteiger partial charge in [0.15, 0.2) is 0 Å². The lowest BCUT2D eigenvalue weighted by atomic mass is 9.73. The molecule has 1 aliphatic rings. The van der Waals surface area contributed by atoms with E-state index in [0.29, 0.717) is 0 Å². The summed E-state index contributed by atoms with van der Waals surface area (Å²) in [7, 11) is 0. The van der Waals surface area contributed by atoms with Gasteiger partial charge in [-0.15, -0.1) is 0 Å². The highest BCUT2D eigenvalue weighted by molar-refractivity contribution is 5.41. The molecule has 82 valence electrons. The maximum absolute atomic E-state index is 5.83. The monoisotopic (exact) mass is 203 g/mol. The van der Waals surface area contributed by atoms with Gasteiger partial charge < -0.3 is 5.73 Å². The van der Waals surface area contributed by atoms with E-state index in [-0.39, 0.29) is 0 Å². The first kappa shape index (κ1) is 10.5. The normalized spacial score (nSPS) is 31.5. The SMILES string of the molecule is C[C@@H]1CC[C@@H](c2cccc(N)c2)C[C@H]1C. The van der Waals surface area contributed by atoms with Gasteiger partial charge in [-0.3, -0.25) is 0 Å². The summed E-state index contributed by atoms with van der Waals surface area (Å²) in [5.74, 6) is 2.48. The molecule has 0 aliphatic heterocycles. The van der Waals surface area contributed by atoms with Gasteiger partial charge >= 0.3 is 0 Å². The van der Waals surface area contributed by atoms with Crippen molar-refractivity contribution in [1.29, 1.82) is 0 Å². The second-order valence-corrected chi connectivity index (χ2v) is 5.13. The van der Waals surface area contributed by atoms with E-state index in [4.69, 9.17) is 5.73 Å². The summed E-state index contributed by atoms with van der Waals surface area (Å²) in [5, 5.41) is 0. The molecule has 0 radical (unpaired) electrons. The Morgan fingerprint density at radius 3 is 2.60 bits per heavy atom. The predicted molar refractivity (Wildman–Crippen MR) is 65.8 cm³/mol. The van der Waals surface area contributed by atoms with E-state index < -0.39 is 0 Å². The van der Waals surface area contributed by atoms with E-state index in [0.717, 1.165) is 23.4 Å². The first-order valence-electron chi connectivity index (χ1n) is 6.02. The Hall–Kier alpha value is -0.980. The second kappa shape index (κ2) is 4.26. The number of benzene rings is 1. The molecule has 1 nitrogen and oxygen atoms in total. The highest BCUT2D eigenvalue weighted by Crippen LogP contribution is 2.39. The van der Waals surface area contributed by atoms with Crippen molar-refractivity contribution in [3.05, 3.63) is 29.8 Å². The number of rotatable bonds is 1. The smallest absolute Gasteiger partial charge is 0.0316 e. The lowest BCUT2D eigenvalue weighted by Gasteiger charge is -2.32. The van der Waals surface area contributed by atoms with Gasteiger partial charge in [0.1, 0.15) is 0 Å². The molecule has 3 atom stereocenters. The fraction of sp³-hybridized carbons (Fsp3) is 0.571. The van der Waals surface area contributed by atoms with Crippen molar-refractivity contribution in [1.82, 2.24) is 0 Å². The van der Waals surface area contributed by atoms with Crippen LogP contribution in [-0.2, 0) is 0 Å². The van der Waals surface area contributed by atoms with Crippen molar-refractivity contribution in [3.63, 3.8) is 0 Å². The number of nitrogen functional groups attached to an aromatic ring is 1. The molecule has 2 N–H and O–H groups in total. The molecule has 0 unspecified atom stereocenters. The summed E-state index contributed by atoms with van der Waals surface area (Å²) in [6, 6.07) is 8.42. The Morgan fingerprint density at radius 2 is 1.93 bits per heavy atom. The molecular formula is C14H21N. The number of hydrogen-bond acceptors (Lipinski definition) is 1. The third kappa shape index (κ3) is 2.34. The minimum atomic E-state index is 0.736. The molecule has 0 bridgehead atoms. The van der Waals surface area contributed by atoms with Crippen LogP contribution in [0, 0.1) is 11.8 Å². The van der Waals surface area contributed by atoms with Crippen LogP contribution in [0.25, 0.3) is 0 Å². The van der Waals surface area contributed by atoms with Crippen LogP contribution >= 0.6 is 0 Å². The molecular weight excluding hydrogens is 182 g/mol. The minimum absolute atomic E-state index is 0.736. The van der Waals surface area contributed by atoms with Crippen molar-refractivity contribution in [2.75, 3.05) is 5.73 Å². The third-order valence-corrected chi connectivity index (χ3v) is 3.98. The first-order chi connectivity index (χ1) is 7.16. The average Bonchev–Trinajstić information content (AvgIpc) is 2.22. The molecule has 15 heavy (non-hydrogen) atoms. The van der Waals surface area contributed by atoms with Gasteiger partial charge in [-0.2, -0.15) is 0 Å². The van der Waals surface area contributed by atoms with Gasteiger partial charge in [0.05, 0.1) is 0 Å². The van der Waals surface area contributed by atoms with Crippen LogP contribution in [0.2, 0.25) is 0 Å². The quantitative estimate of drug-likeness (QED) is 0.690. The van der Waals surface area contributed by atoms with Crippen LogP contribution in [0.15, 0.2) is 24.3 Å². The third-order valence-electron chi connectivity index (χ3n) is 3.98. The lowest BCUT2D eigenvalue weighted by molar-refractivity contribution is 0.250. The fourth-order valence-corrected chi connectivity index (χ4v) is 2.66. The lowest BCUT2D eigenvalue weighted by Crippen LogP contribution is -2.19. The summed E-state index contributed by atoms with van der Waals surface area (Å²) >= 11 is 0. The minimum Gasteiger partial charge on any atom is -0.399 e. The van der Waals surface area contributed by atoms with Crippen LogP contribution in [0.5, 0.6) is 0 Å². The molecule has 0 heterocycles. The van der Waals surface area contributed by atoms with Gasteiger partial charge in [-0.1, -0.05) is 26.0 Å². The zero-order valence-electron chi connectivity index (χ0n) is 9.74. The zero-order chi connectivity index (χ0) is 10.8. The van der Waals surface area contributed by atoms with Crippen molar-refractivity contribution in [3.8, 4) is 0 Å². The molecule has 1 aromatic carbocycles. The summed E-state index contributed by atoms with van der Waals surface area (Å²) in [6.45, 7) is 4.75. The van der Waals surface area contributed by atoms with E-state index >= 15 is 0 Å². The Balaban J connectivity index is 2.12. The average molecular weight is 203 g/mol. The Labute approximate surface area is 92.7 Å². The van der Waals surface area contributed by atoms with Crippen LogP contribution in [0.3, 0.4) is 0 Å². The molecule has 0 aromatic heterocycles. The highest BCUT2D eigenvalue weighted by atomic mass is 14.5. The molecule has 0 saturated heterocycles. The Bertz CT molecular complexity index is 332. The van der Waals surface area contributed by atoms with Crippen molar-refractivity contribution < 1.29 is 0 Å². The van der Waals surface area contributed by atoms with Crippen LogP contribution < -0.4 is 5.73 Å². The molecule has 1 heteroatoms. The molecule has 2 rings (SSSR count). The van der Waals surface area contributed by atoms with Crippen LogP contribution in [-0.4, -0.2) is 0 Å². The molecule has 0 spiro atoms. The van der Waals surface area contributed by atoms with Gasteiger partial charge in [0.2, 0.25) is 0 Å². The number of nitrogens with two attached hydrogens (primary N) is 1. The van der Waals surface area contributed by atoms with Gasteiger partial charge in [-0.25, -0.2) is 0 Å². The molecule has 1 aliphatic carbocycles. The maximum Gasteiger partial charge on any atom is 0.0316 e. The molecule has 1 saturated carbocycles. The highest BCUT2D eigenvalue weighted by Gasteiger charge is 2.25. The predicted octanol–water partition coefficient (Wildman–Crippen LogP) is 3.81. The van der Waals surface area contributed by atoms with Crippen LogP contribution in [0.4, 0.5) is 5.69 Å². The van der Waals surface area contributed by atoms with E-state index in [9.17, 15) is 0 Å². The zero-order valence-corrected chi connectivity index (χ0v) is 9.74. The number of hydrogen-bond donors (Lipinski definition) is 1. The van der Waals surface area contributed by atoms with Crippen molar-refractivity contribution in [2.24, 2.45) is 11.8 Å². The molecule has 1 aromatic rings. The number of anilines is 1. The van der Waals surface area contributed by atoms with Gasteiger partial charge in [-0.05, 0) is 54.7 Å². The Morgan fingerprint density at radius 1 is 1.13 bits per heavy atom. The fourth-order valence-electron chi connectivity index (χ4n) is 2.66. The first-order valence-corrected chi connectivity index (χ1v) is 6.02. The van der Waals surface area contributed by atoms with E-state index in [1.54, 1.807) is 0 Å². The summed E-state index contributed by atoms with van der Waals surface area (Å²) in [4.78, 5) is 0. The van der Waals surface area contributed by atoms with Crippen molar-refractivity contribution >= 4 is 5.69 Å². The topological polar surface area (TPSA) is 26.0 Å². The Kier molecular flexibility index (Phi) is 2.99. The summed E-state index contributed by atoms with van der Waals surface area (Å²) in [6.07, 6.45) is 4.01. The van der Waals surface area contributed by atoms with Crippen LogP contribution in [0.1, 0.15) is 44.6 Å². The second-order valence-electron chi connectivity index (χ2n) is 5.13. The van der Waals surface area contributed by atoms with E-state index in [1.165, 1.54) is 24.8 Å². The van der Waals surface area contributed by atoms with E-state index in [2.05, 4.69) is 32.0 Å². The molecule has 1 fully saturated rings. The molecule has 0 amide bonds.